The molecule has 0 saturated heterocycles. The molecule has 0 bridgehead atoms. The van der Waals surface area contributed by atoms with Crippen molar-refractivity contribution in [2.24, 2.45) is 5.41 Å². The molecule has 0 heterocycles. The minimum atomic E-state index is -0.414. The minimum Gasteiger partial charge on any atom is -0.355 e. The van der Waals surface area contributed by atoms with Crippen LogP contribution in [0.15, 0.2) is 35.2 Å². The van der Waals surface area contributed by atoms with Crippen LogP contribution < -0.4 is 10.6 Å². The van der Waals surface area contributed by atoms with E-state index in [1.54, 1.807) is 11.8 Å². The molecule has 5 heteroatoms. The third-order valence-electron chi connectivity index (χ3n) is 2.75. The van der Waals surface area contributed by atoms with E-state index in [2.05, 4.69) is 22.8 Å². The number of thioether (sulfide) groups is 1. The summed E-state index contributed by atoms with van der Waals surface area (Å²) >= 11 is 1.71. The van der Waals surface area contributed by atoms with Gasteiger partial charge in [0.1, 0.15) is 0 Å². The van der Waals surface area contributed by atoms with Crippen molar-refractivity contribution < 1.29 is 9.59 Å². The van der Waals surface area contributed by atoms with Gasteiger partial charge < -0.3 is 10.6 Å². The van der Waals surface area contributed by atoms with Crippen LogP contribution in [0.1, 0.15) is 27.2 Å². The third-order valence-corrected chi connectivity index (χ3v) is 3.77. The molecule has 0 spiro atoms. The molecule has 0 radical (unpaired) electrons. The highest BCUT2D eigenvalue weighted by Crippen LogP contribution is 2.15. The lowest BCUT2D eigenvalue weighted by atomic mass is 9.96. The van der Waals surface area contributed by atoms with Crippen LogP contribution in [-0.4, -0.2) is 30.7 Å². The Bertz CT molecular complexity index is 455. The van der Waals surface area contributed by atoms with Gasteiger partial charge in [-0.3, -0.25) is 9.59 Å². The summed E-state index contributed by atoms with van der Waals surface area (Å²) in [5, 5.41) is 5.62. The molecule has 2 amide bonds. The van der Waals surface area contributed by atoms with Gasteiger partial charge in [-0.2, -0.15) is 0 Å². The van der Waals surface area contributed by atoms with Crippen molar-refractivity contribution in [2.75, 3.05) is 18.8 Å². The lowest BCUT2D eigenvalue weighted by Gasteiger charge is -2.17. The van der Waals surface area contributed by atoms with Crippen LogP contribution in [0.4, 0.5) is 0 Å². The molecule has 2 N–H and O–H groups in total. The van der Waals surface area contributed by atoms with Gasteiger partial charge in [0.25, 0.3) is 0 Å². The first-order valence-electron chi connectivity index (χ1n) is 7.12. The molecule has 0 aliphatic carbocycles. The number of hydrogen-bond donors (Lipinski definition) is 2. The lowest BCUT2D eigenvalue weighted by molar-refractivity contribution is -0.128. The minimum absolute atomic E-state index is 0.0297. The monoisotopic (exact) mass is 308 g/mol. The highest BCUT2D eigenvalue weighted by atomic mass is 32.2. The summed E-state index contributed by atoms with van der Waals surface area (Å²) in [7, 11) is 0. The quantitative estimate of drug-likeness (QED) is 0.601. The third kappa shape index (κ3) is 7.75. The first-order chi connectivity index (χ1) is 9.89. The number of carbonyl (C=O) groups excluding carboxylic acids is 2. The molecule has 0 aliphatic heterocycles. The smallest absolute Gasteiger partial charge is 0.225 e. The first kappa shape index (κ1) is 17.6. The van der Waals surface area contributed by atoms with Gasteiger partial charge in [0.05, 0.1) is 0 Å². The highest BCUT2D eigenvalue weighted by Gasteiger charge is 2.20. The van der Waals surface area contributed by atoms with E-state index in [9.17, 15) is 9.59 Å². The Morgan fingerprint density at radius 2 is 1.71 bits per heavy atom. The Morgan fingerprint density at radius 1 is 1.05 bits per heavy atom. The molecule has 1 aromatic carbocycles. The van der Waals surface area contributed by atoms with Crippen LogP contribution in [0.5, 0.6) is 0 Å². The second-order valence-corrected chi connectivity index (χ2v) is 6.94. The molecule has 0 aromatic heterocycles. The van der Waals surface area contributed by atoms with Gasteiger partial charge in [-0.05, 0) is 12.1 Å². The molecule has 0 saturated carbocycles. The number of amides is 2. The summed E-state index contributed by atoms with van der Waals surface area (Å²) in [4.78, 5) is 24.4. The molecule has 0 unspecified atom stereocenters. The SMILES string of the molecule is CC(C)(C)C(=O)NCCC(=O)NCCSc1ccccc1. The van der Waals surface area contributed by atoms with Gasteiger partial charge in [0.2, 0.25) is 11.8 Å². The van der Waals surface area contributed by atoms with Crippen LogP contribution >= 0.6 is 11.8 Å². The van der Waals surface area contributed by atoms with Gasteiger partial charge >= 0.3 is 0 Å². The normalized spacial score (nSPS) is 11.0. The standard InChI is InChI=1S/C16H24N2O2S/c1-16(2,3)15(20)18-10-9-14(19)17-11-12-21-13-7-5-4-6-8-13/h4-8H,9-12H2,1-3H3,(H,17,19)(H,18,20). The van der Waals surface area contributed by atoms with Gasteiger partial charge in [-0.25, -0.2) is 0 Å². The van der Waals surface area contributed by atoms with E-state index in [1.165, 1.54) is 4.90 Å². The second-order valence-electron chi connectivity index (χ2n) is 5.77. The van der Waals surface area contributed by atoms with Crippen molar-refractivity contribution in [1.29, 1.82) is 0 Å². The number of hydrogen-bond acceptors (Lipinski definition) is 3. The fourth-order valence-corrected chi connectivity index (χ4v) is 2.31. The molecule has 1 aromatic rings. The van der Waals surface area contributed by atoms with Crippen molar-refractivity contribution in [3.05, 3.63) is 30.3 Å². The van der Waals surface area contributed by atoms with E-state index in [0.29, 0.717) is 19.5 Å². The average Bonchev–Trinajstić information content (AvgIpc) is 2.43. The topological polar surface area (TPSA) is 58.2 Å². The predicted octanol–water partition coefficient (Wildman–Crippen LogP) is 2.45. The van der Waals surface area contributed by atoms with Gasteiger partial charge in [0.15, 0.2) is 0 Å². The van der Waals surface area contributed by atoms with Crippen LogP contribution in [0.25, 0.3) is 0 Å². The molecule has 0 atom stereocenters. The van der Waals surface area contributed by atoms with Crippen molar-refractivity contribution in [1.82, 2.24) is 10.6 Å². The summed E-state index contributed by atoms with van der Waals surface area (Å²) in [6, 6.07) is 10.1. The number of nitrogens with one attached hydrogen (secondary N) is 2. The van der Waals surface area contributed by atoms with E-state index >= 15 is 0 Å². The van der Waals surface area contributed by atoms with E-state index < -0.39 is 5.41 Å². The maximum atomic E-state index is 11.6. The number of rotatable bonds is 7. The van der Waals surface area contributed by atoms with Crippen LogP contribution in [-0.2, 0) is 9.59 Å². The van der Waals surface area contributed by atoms with Crippen molar-refractivity contribution in [3.8, 4) is 0 Å². The summed E-state index contributed by atoms with van der Waals surface area (Å²) in [6.45, 7) is 6.56. The van der Waals surface area contributed by atoms with E-state index in [1.807, 2.05) is 39.0 Å². The molecule has 1 rings (SSSR count). The summed E-state index contributed by atoms with van der Waals surface area (Å²) in [5.74, 6) is 0.775. The largest absolute Gasteiger partial charge is 0.355 e. The maximum absolute atomic E-state index is 11.6. The van der Waals surface area contributed by atoms with E-state index in [-0.39, 0.29) is 11.8 Å². The molecule has 4 nitrogen and oxygen atoms in total. The van der Waals surface area contributed by atoms with Gasteiger partial charge in [-0.1, -0.05) is 39.0 Å². The zero-order valence-electron chi connectivity index (χ0n) is 12.9. The lowest BCUT2D eigenvalue weighted by Crippen LogP contribution is -2.37. The van der Waals surface area contributed by atoms with Crippen LogP contribution in [0.3, 0.4) is 0 Å². The van der Waals surface area contributed by atoms with Crippen LogP contribution in [0.2, 0.25) is 0 Å². The Kier molecular flexibility index (Phi) is 7.29. The van der Waals surface area contributed by atoms with Gasteiger partial charge in [-0.15, -0.1) is 11.8 Å². The second kappa shape index (κ2) is 8.72. The van der Waals surface area contributed by atoms with E-state index in [4.69, 9.17) is 0 Å². The summed E-state index contributed by atoms with van der Waals surface area (Å²) in [6.07, 6.45) is 0.317. The molecule has 0 fully saturated rings. The Labute approximate surface area is 131 Å². The van der Waals surface area contributed by atoms with Crippen molar-refractivity contribution >= 4 is 23.6 Å². The molecular weight excluding hydrogens is 284 g/mol. The van der Waals surface area contributed by atoms with Gasteiger partial charge in [0, 0.05) is 35.6 Å². The Hall–Kier alpha value is -1.49. The number of benzene rings is 1. The predicted molar refractivity (Wildman–Crippen MR) is 87.3 cm³/mol. The molecular formula is C16H24N2O2S. The summed E-state index contributed by atoms with van der Waals surface area (Å²) < 4.78 is 0. The number of carbonyl (C=O) groups is 2. The maximum Gasteiger partial charge on any atom is 0.225 e. The Morgan fingerprint density at radius 3 is 2.33 bits per heavy atom. The fraction of sp³-hybridized carbons (Fsp3) is 0.500. The zero-order chi connectivity index (χ0) is 15.7. The average molecular weight is 308 g/mol. The van der Waals surface area contributed by atoms with Crippen LogP contribution in [0, 0.1) is 5.41 Å². The van der Waals surface area contributed by atoms with E-state index in [0.717, 1.165) is 5.75 Å². The summed E-state index contributed by atoms with van der Waals surface area (Å²) in [5.41, 5.74) is -0.414. The molecule has 116 valence electrons. The zero-order valence-corrected chi connectivity index (χ0v) is 13.8. The molecule has 0 aliphatic rings. The fourth-order valence-electron chi connectivity index (χ4n) is 1.52. The van der Waals surface area contributed by atoms with Crippen molar-refractivity contribution in [2.45, 2.75) is 32.1 Å². The first-order valence-corrected chi connectivity index (χ1v) is 8.11. The molecule has 21 heavy (non-hydrogen) atoms. The highest BCUT2D eigenvalue weighted by molar-refractivity contribution is 7.99. The van der Waals surface area contributed by atoms with Crippen molar-refractivity contribution in [3.63, 3.8) is 0 Å². The Balaban J connectivity index is 2.08.